The Bertz CT molecular complexity index is 897. The van der Waals surface area contributed by atoms with Gasteiger partial charge in [0.25, 0.3) is 5.91 Å². The standard InChI is InChI=1S/C18H24N6O2S2/c1-3-26-10-8-19-15-13-12-21-24(16(13)23-18(22-15)27-4-2)9-7-20-17(25)14-6-5-11-28-14/h5-6,11-12H,3-4,7-10H2,1-2H3,(H,20,25)(H,19,22,23). The number of amides is 1. The number of nitrogens with one attached hydrogen (secondary N) is 2. The molecule has 1 amide bonds. The van der Waals surface area contributed by atoms with Gasteiger partial charge in [-0.15, -0.1) is 11.3 Å². The number of rotatable bonds is 11. The van der Waals surface area contributed by atoms with E-state index >= 15 is 0 Å². The molecule has 0 spiro atoms. The van der Waals surface area contributed by atoms with Crippen molar-refractivity contribution in [2.45, 2.75) is 25.5 Å². The second kappa shape index (κ2) is 10.4. The summed E-state index contributed by atoms with van der Waals surface area (Å²) in [5.74, 6) is 1.57. The highest BCUT2D eigenvalue weighted by atomic mass is 32.2. The van der Waals surface area contributed by atoms with Crippen molar-refractivity contribution in [2.24, 2.45) is 0 Å². The molecule has 0 atom stereocenters. The number of anilines is 1. The molecule has 0 saturated carbocycles. The van der Waals surface area contributed by atoms with Crippen LogP contribution in [0.4, 0.5) is 5.82 Å². The third kappa shape index (κ3) is 5.21. The zero-order valence-corrected chi connectivity index (χ0v) is 17.6. The van der Waals surface area contributed by atoms with Crippen LogP contribution < -0.4 is 10.6 Å². The van der Waals surface area contributed by atoms with Gasteiger partial charge in [0.2, 0.25) is 0 Å². The van der Waals surface area contributed by atoms with Gasteiger partial charge >= 0.3 is 0 Å². The monoisotopic (exact) mass is 420 g/mol. The first-order chi connectivity index (χ1) is 13.7. The predicted molar refractivity (Wildman–Crippen MR) is 113 cm³/mol. The molecule has 3 heterocycles. The number of hydrogen-bond acceptors (Lipinski definition) is 8. The van der Waals surface area contributed by atoms with Gasteiger partial charge in [-0.2, -0.15) is 5.10 Å². The molecule has 0 radical (unpaired) electrons. The van der Waals surface area contributed by atoms with E-state index in [1.807, 2.05) is 24.4 Å². The van der Waals surface area contributed by atoms with Gasteiger partial charge in [0, 0.05) is 19.7 Å². The van der Waals surface area contributed by atoms with Crippen molar-refractivity contribution in [1.82, 2.24) is 25.1 Å². The number of carbonyl (C=O) groups is 1. The Morgan fingerprint density at radius 1 is 1.32 bits per heavy atom. The van der Waals surface area contributed by atoms with Crippen molar-refractivity contribution in [3.05, 3.63) is 28.6 Å². The van der Waals surface area contributed by atoms with Gasteiger partial charge in [-0.3, -0.25) is 4.79 Å². The fraction of sp³-hybridized carbons (Fsp3) is 0.444. The first-order valence-electron chi connectivity index (χ1n) is 9.22. The quantitative estimate of drug-likeness (QED) is 0.280. The molecule has 2 N–H and O–H groups in total. The van der Waals surface area contributed by atoms with Gasteiger partial charge in [0.1, 0.15) is 5.82 Å². The Kier molecular flexibility index (Phi) is 7.63. The Balaban J connectivity index is 1.71. The molecular formula is C18H24N6O2S2. The smallest absolute Gasteiger partial charge is 0.261 e. The molecule has 0 saturated heterocycles. The maximum absolute atomic E-state index is 12.1. The molecule has 0 aromatic carbocycles. The summed E-state index contributed by atoms with van der Waals surface area (Å²) in [7, 11) is 0. The van der Waals surface area contributed by atoms with Crippen LogP contribution in [0.1, 0.15) is 23.5 Å². The summed E-state index contributed by atoms with van der Waals surface area (Å²) in [5, 5.41) is 14.1. The van der Waals surface area contributed by atoms with Gasteiger partial charge in [0.05, 0.1) is 29.6 Å². The van der Waals surface area contributed by atoms with Crippen LogP contribution in [0, 0.1) is 0 Å². The third-order valence-corrected chi connectivity index (χ3v) is 5.44. The average molecular weight is 421 g/mol. The van der Waals surface area contributed by atoms with Crippen molar-refractivity contribution in [1.29, 1.82) is 0 Å². The molecule has 3 aromatic rings. The minimum absolute atomic E-state index is 0.0680. The van der Waals surface area contributed by atoms with E-state index in [-0.39, 0.29) is 5.91 Å². The maximum atomic E-state index is 12.1. The second-order valence-electron chi connectivity index (χ2n) is 5.75. The molecule has 3 rings (SSSR count). The maximum Gasteiger partial charge on any atom is 0.261 e. The first kappa shape index (κ1) is 20.6. The number of nitrogens with zero attached hydrogens (tertiary/aromatic N) is 4. The first-order valence-corrected chi connectivity index (χ1v) is 11.1. The van der Waals surface area contributed by atoms with Crippen LogP contribution in [0.25, 0.3) is 11.0 Å². The predicted octanol–water partition coefficient (Wildman–Crippen LogP) is 2.88. The molecule has 28 heavy (non-hydrogen) atoms. The lowest BCUT2D eigenvalue weighted by Gasteiger charge is -2.09. The normalized spacial score (nSPS) is 11.1. The summed E-state index contributed by atoms with van der Waals surface area (Å²) in [6.07, 6.45) is 1.76. The molecule has 3 aromatic heterocycles. The SMILES string of the molecule is CCOCCNc1nc(SCC)nc2c1cnn2CCNC(=O)c1cccs1. The van der Waals surface area contributed by atoms with Gasteiger partial charge in [-0.1, -0.05) is 24.8 Å². The lowest BCUT2D eigenvalue weighted by molar-refractivity contribution is 0.0956. The highest BCUT2D eigenvalue weighted by Gasteiger charge is 2.13. The summed E-state index contributed by atoms with van der Waals surface area (Å²) in [5.41, 5.74) is 0.759. The average Bonchev–Trinajstić information content (AvgIpc) is 3.36. The van der Waals surface area contributed by atoms with Crippen LogP contribution in [0.2, 0.25) is 0 Å². The number of fused-ring (bicyclic) bond motifs is 1. The number of ether oxygens (including phenoxy) is 1. The molecule has 0 aliphatic carbocycles. The Labute approximate surface area is 172 Å². The third-order valence-electron chi connectivity index (χ3n) is 3.85. The van der Waals surface area contributed by atoms with Crippen LogP contribution >= 0.6 is 23.1 Å². The molecule has 150 valence electrons. The summed E-state index contributed by atoms with van der Waals surface area (Å²) in [6.45, 7) is 7.01. The fourth-order valence-electron chi connectivity index (χ4n) is 2.58. The van der Waals surface area contributed by atoms with Crippen molar-refractivity contribution >= 4 is 45.9 Å². The van der Waals surface area contributed by atoms with Gasteiger partial charge in [-0.25, -0.2) is 14.6 Å². The van der Waals surface area contributed by atoms with E-state index in [0.717, 1.165) is 22.6 Å². The van der Waals surface area contributed by atoms with Crippen molar-refractivity contribution in [3.63, 3.8) is 0 Å². The minimum atomic E-state index is -0.0680. The van der Waals surface area contributed by atoms with Gasteiger partial charge in [-0.05, 0) is 24.1 Å². The molecule has 8 nitrogen and oxygen atoms in total. The van der Waals surface area contributed by atoms with E-state index in [9.17, 15) is 4.79 Å². The minimum Gasteiger partial charge on any atom is -0.380 e. The zero-order chi connectivity index (χ0) is 19.8. The van der Waals surface area contributed by atoms with Crippen LogP contribution in [0.3, 0.4) is 0 Å². The highest BCUT2D eigenvalue weighted by molar-refractivity contribution is 7.99. The molecular weight excluding hydrogens is 396 g/mol. The molecule has 0 bridgehead atoms. The summed E-state index contributed by atoms with van der Waals surface area (Å²) < 4.78 is 7.19. The lowest BCUT2D eigenvalue weighted by atomic mass is 10.4. The van der Waals surface area contributed by atoms with E-state index in [4.69, 9.17) is 4.74 Å². The van der Waals surface area contributed by atoms with Crippen molar-refractivity contribution < 1.29 is 9.53 Å². The number of aromatic nitrogens is 4. The Morgan fingerprint density at radius 3 is 2.96 bits per heavy atom. The van der Waals surface area contributed by atoms with Crippen LogP contribution in [0.5, 0.6) is 0 Å². The Morgan fingerprint density at radius 2 is 2.21 bits per heavy atom. The summed E-state index contributed by atoms with van der Waals surface area (Å²) in [6, 6.07) is 3.68. The molecule has 0 aliphatic heterocycles. The van der Waals surface area contributed by atoms with Crippen LogP contribution in [-0.4, -0.2) is 57.7 Å². The van der Waals surface area contributed by atoms with E-state index < -0.39 is 0 Å². The van der Waals surface area contributed by atoms with E-state index in [1.54, 1.807) is 22.6 Å². The number of thiophene rings is 1. The lowest BCUT2D eigenvalue weighted by Crippen LogP contribution is -2.26. The number of carbonyl (C=O) groups excluding carboxylic acids is 1. The largest absolute Gasteiger partial charge is 0.380 e. The van der Waals surface area contributed by atoms with Crippen LogP contribution in [-0.2, 0) is 11.3 Å². The molecule has 10 heteroatoms. The van der Waals surface area contributed by atoms with Crippen LogP contribution in [0.15, 0.2) is 28.9 Å². The topological polar surface area (TPSA) is 94.0 Å². The zero-order valence-electron chi connectivity index (χ0n) is 16.0. The Hall–Kier alpha value is -2.17. The van der Waals surface area contributed by atoms with Crippen molar-refractivity contribution in [3.8, 4) is 0 Å². The van der Waals surface area contributed by atoms with E-state index in [0.29, 0.717) is 42.9 Å². The number of hydrogen-bond donors (Lipinski definition) is 2. The second-order valence-corrected chi connectivity index (χ2v) is 7.93. The van der Waals surface area contributed by atoms with Gasteiger partial charge < -0.3 is 15.4 Å². The number of thioether (sulfide) groups is 1. The highest BCUT2D eigenvalue weighted by Crippen LogP contribution is 2.24. The van der Waals surface area contributed by atoms with E-state index in [2.05, 4.69) is 32.6 Å². The molecule has 0 unspecified atom stereocenters. The summed E-state index contributed by atoms with van der Waals surface area (Å²) in [4.78, 5) is 22.0. The fourth-order valence-corrected chi connectivity index (χ4v) is 3.79. The molecule has 0 aliphatic rings. The summed E-state index contributed by atoms with van der Waals surface area (Å²) >= 11 is 3.01. The van der Waals surface area contributed by atoms with E-state index in [1.165, 1.54) is 11.3 Å². The van der Waals surface area contributed by atoms with Crippen molar-refractivity contribution in [2.75, 3.05) is 37.4 Å². The molecule has 0 fully saturated rings. The van der Waals surface area contributed by atoms with Gasteiger partial charge in [0.15, 0.2) is 10.8 Å².